The second-order valence-corrected chi connectivity index (χ2v) is 4.46. The predicted octanol–water partition coefficient (Wildman–Crippen LogP) is 4.22. The summed E-state index contributed by atoms with van der Waals surface area (Å²) in [4.78, 5) is 4.21. The van der Waals surface area contributed by atoms with E-state index in [0.717, 1.165) is 19.4 Å². The summed E-state index contributed by atoms with van der Waals surface area (Å²) >= 11 is 5.64. The van der Waals surface area contributed by atoms with E-state index in [0.29, 0.717) is 11.6 Å². The highest BCUT2D eigenvalue weighted by atomic mass is 35.5. The zero-order valence-electron chi connectivity index (χ0n) is 10.2. The fourth-order valence-corrected chi connectivity index (χ4v) is 1.76. The van der Waals surface area contributed by atoms with E-state index in [2.05, 4.69) is 17.2 Å². The Morgan fingerprint density at radius 3 is 3.00 bits per heavy atom. The average molecular weight is 268 g/mol. The number of anilines is 2. The number of hydrogen-bond donors (Lipinski definition) is 1. The molecule has 1 N–H and O–H groups in total. The van der Waals surface area contributed by atoms with Gasteiger partial charge in [0, 0.05) is 24.6 Å². The van der Waals surface area contributed by atoms with Crippen LogP contribution in [0.3, 0.4) is 0 Å². The first kappa shape index (κ1) is 12.9. The molecular formula is C13H15ClFN3. The minimum atomic E-state index is -0.437. The Labute approximate surface area is 111 Å². The number of imidazole rings is 1. The molecule has 0 spiro atoms. The van der Waals surface area contributed by atoms with Crippen LogP contribution in [0.5, 0.6) is 0 Å². The quantitative estimate of drug-likeness (QED) is 0.879. The van der Waals surface area contributed by atoms with Gasteiger partial charge in [0.2, 0.25) is 5.95 Å². The van der Waals surface area contributed by atoms with Crippen LogP contribution in [0.15, 0.2) is 30.6 Å². The van der Waals surface area contributed by atoms with Gasteiger partial charge in [-0.1, -0.05) is 24.9 Å². The van der Waals surface area contributed by atoms with Crippen molar-refractivity contribution < 1.29 is 4.39 Å². The van der Waals surface area contributed by atoms with Crippen LogP contribution in [0.1, 0.15) is 19.8 Å². The first-order valence-electron chi connectivity index (χ1n) is 5.94. The molecule has 0 aliphatic carbocycles. The number of rotatable bonds is 5. The fraction of sp³-hybridized carbons (Fsp3) is 0.308. The van der Waals surface area contributed by atoms with Crippen molar-refractivity contribution >= 4 is 23.2 Å². The molecular weight excluding hydrogens is 253 g/mol. The van der Waals surface area contributed by atoms with Crippen molar-refractivity contribution in [2.75, 3.05) is 5.32 Å². The van der Waals surface area contributed by atoms with E-state index in [1.807, 2.05) is 10.8 Å². The molecule has 0 fully saturated rings. The van der Waals surface area contributed by atoms with Crippen LogP contribution in [0.4, 0.5) is 16.0 Å². The molecule has 0 aliphatic rings. The van der Waals surface area contributed by atoms with Crippen molar-refractivity contribution in [1.29, 1.82) is 0 Å². The largest absolute Gasteiger partial charge is 0.326 e. The first-order valence-corrected chi connectivity index (χ1v) is 6.31. The van der Waals surface area contributed by atoms with Gasteiger partial charge in [-0.15, -0.1) is 0 Å². The van der Waals surface area contributed by atoms with Crippen molar-refractivity contribution in [3.8, 4) is 0 Å². The number of nitrogens with one attached hydrogen (secondary N) is 1. The minimum Gasteiger partial charge on any atom is -0.326 e. The molecule has 1 aromatic carbocycles. The number of nitrogens with zero attached hydrogens (tertiary/aromatic N) is 2. The predicted molar refractivity (Wildman–Crippen MR) is 71.8 cm³/mol. The molecule has 0 saturated heterocycles. The summed E-state index contributed by atoms with van der Waals surface area (Å²) in [5, 5.41) is 3.20. The van der Waals surface area contributed by atoms with Gasteiger partial charge in [-0.2, -0.15) is 0 Å². The van der Waals surface area contributed by atoms with Crippen LogP contribution < -0.4 is 5.32 Å². The Bertz CT molecular complexity index is 525. The van der Waals surface area contributed by atoms with E-state index in [1.54, 1.807) is 12.3 Å². The summed E-state index contributed by atoms with van der Waals surface area (Å²) in [7, 11) is 0. The van der Waals surface area contributed by atoms with Crippen LogP contribution in [0.2, 0.25) is 5.02 Å². The molecule has 3 nitrogen and oxygen atoms in total. The van der Waals surface area contributed by atoms with Gasteiger partial charge < -0.3 is 9.88 Å². The molecule has 2 rings (SSSR count). The summed E-state index contributed by atoms with van der Waals surface area (Å²) in [6.45, 7) is 3.04. The molecule has 1 heterocycles. The van der Waals surface area contributed by atoms with E-state index in [-0.39, 0.29) is 5.02 Å². The summed E-state index contributed by atoms with van der Waals surface area (Å²) in [6, 6.07) is 4.62. The maximum Gasteiger partial charge on any atom is 0.207 e. The lowest BCUT2D eigenvalue weighted by Gasteiger charge is -2.09. The lowest BCUT2D eigenvalue weighted by Crippen LogP contribution is -2.03. The molecule has 2 aromatic rings. The highest BCUT2D eigenvalue weighted by molar-refractivity contribution is 6.30. The number of aryl methyl sites for hydroxylation is 1. The number of hydrogen-bond acceptors (Lipinski definition) is 2. The van der Waals surface area contributed by atoms with Crippen molar-refractivity contribution in [2.45, 2.75) is 26.3 Å². The van der Waals surface area contributed by atoms with Crippen LogP contribution in [-0.2, 0) is 6.54 Å². The zero-order valence-corrected chi connectivity index (χ0v) is 10.9. The second-order valence-electron chi connectivity index (χ2n) is 4.05. The number of benzene rings is 1. The third kappa shape index (κ3) is 3.01. The topological polar surface area (TPSA) is 29.9 Å². The lowest BCUT2D eigenvalue weighted by molar-refractivity contribution is 0.628. The van der Waals surface area contributed by atoms with Crippen LogP contribution >= 0.6 is 11.6 Å². The van der Waals surface area contributed by atoms with Crippen LogP contribution in [0.25, 0.3) is 0 Å². The highest BCUT2D eigenvalue weighted by Gasteiger charge is 2.05. The van der Waals surface area contributed by atoms with Crippen LogP contribution in [0, 0.1) is 5.82 Å². The van der Waals surface area contributed by atoms with Gasteiger partial charge >= 0.3 is 0 Å². The Hall–Kier alpha value is -1.55. The second kappa shape index (κ2) is 5.87. The highest BCUT2D eigenvalue weighted by Crippen LogP contribution is 2.21. The average Bonchev–Trinajstić information content (AvgIpc) is 2.79. The van der Waals surface area contributed by atoms with Crippen molar-refractivity contribution in [2.24, 2.45) is 0 Å². The number of aromatic nitrogens is 2. The summed E-state index contributed by atoms with van der Waals surface area (Å²) < 4.78 is 15.3. The molecule has 0 amide bonds. The fourth-order valence-electron chi connectivity index (χ4n) is 1.65. The molecule has 0 radical (unpaired) electrons. The molecule has 5 heteroatoms. The third-order valence-corrected chi connectivity index (χ3v) is 2.95. The Kier molecular flexibility index (Phi) is 4.20. The minimum absolute atomic E-state index is 0.120. The van der Waals surface area contributed by atoms with Gasteiger partial charge in [0.15, 0.2) is 0 Å². The molecule has 0 aliphatic heterocycles. The van der Waals surface area contributed by atoms with Gasteiger partial charge in [0.1, 0.15) is 5.82 Å². The maximum atomic E-state index is 13.3. The maximum absolute atomic E-state index is 13.3. The van der Waals surface area contributed by atoms with Gasteiger partial charge in [-0.05, 0) is 24.6 Å². The van der Waals surface area contributed by atoms with E-state index in [9.17, 15) is 4.39 Å². The molecule has 0 unspecified atom stereocenters. The summed E-state index contributed by atoms with van der Waals surface area (Å²) in [5.41, 5.74) is 0.640. The standard InChI is InChI=1S/C13H15ClFN3/c1-2-3-7-18-8-6-16-13(18)17-10-4-5-11(14)12(15)9-10/h4-6,8-9H,2-3,7H2,1H3,(H,16,17). The number of unbranched alkanes of at least 4 members (excludes halogenated alkanes) is 1. The van der Waals surface area contributed by atoms with Crippen molar-refractivity contribution in [3.63, 3.8) is 0 Å². The number of halogens is 2. The Morgan fingerprint density at radius 1 is 1.44 bits per heavy atom. The van der Waals surface area contributed by atoms with E-state index in [4.69, 9.17) is 11.6 Å². The van der Waals surface area contributed by atoms with Crippen LogP contribution in [-0.4, -0.2) is 9.55 Å². The van der Waals surface area contributed by atoms with E-state index < -0.39 is 5.82 Å². The smallest absolute Gasteiger partial charge is 0.207 e. The Balaban J connectivity index is 2.13. The molecule has 0 saturated carbocycles. The molecule has 96 valence electrons. The van der Waals surface area contributed by atoms with Gasteiger partial charge in [0.25, 0.3) is 0 Å². The van der Waals surface area contributed by atoms with Crippen molar-refractivity contribution in [1.82, 2.24) is 9.55 Å². The molecule has 1 aromatic heterocycles. The molecule has 0 bridgehead atoms. The first-order chi connectivity index (χ1) is 8.70. The summed E-state index contributed by atoms with van der Waals surface area (Å²) in [6.07, 6.45) is 5.84. The van der Waals surface area contributed by atoms with Crippen molar-refractivity contribution in [3.05, 3.63) is 41.4 Å². The summed E-state index contributed by atoms with van der Waals surface area (Å²) in [5.74, 6) is 0.276. The van der Waals surface area contributed by atoms with Gasteiger partial charge in [-0.25, -0.2) is 9.37 Å². The lowest BCUT2D eigenvalue weighted by atomic mass is 10.3. The Morgan fingerprint density at radius 2 is 2.28 bits per heavy atom. The zero-order chi connectivity index (χ0) is 13.0. The normalized spacial score (nSPS) is 10.6. The van der Waals surface area contributed by atoms with E-state index in [1.165, 1.54) is 12.1 Å². The van der Waals surface area contributed by atoms with Gasteiger partial charge in [-0.3, -0.25) is 0 Å². The third-order valence-electron chi connectivity index (χ3n) is 2.64. The monoisotopic (exact) mass is 267 g/mol. The SMILES string of the molecule is CCCCn1ccnc1Nc1ccc(Cl)c(F)c1. The van der Waals surface area contributed by atoms with Gasteiger partial charge in [0.05, 0.1) is 5.02 Å². The van der Waals surface area contributed by atoms with E-state index >= 15 is 0 Å². The molecule has 0 atom stereocenters. The molecule has 18 heavy (non-hydrogen) atoms.